The third-order valence-corrected chi connectivity index (χ3v) is 4.07. The second kappa shape index (κ2) is 6.34. The Bertz CT molecular complexity index is 580. The van der Waals surface area contributed by atoms with Gasteiger partial charge in [0.15, 0.2) is 9.84 Å². The number of benzene rings is 1. The molecule has 0 aliphatic carbocycles. The van der Waals surface area contributed by atoms with E-state index in [0.717, 1.165) is 12.8 Å². The minimum atomic E-state index is -3.27. The highest BCUT2D eigenvalue weighted by Crippen LogP contribution is 2.16. The molecule has 2 N–H and O–H groups in total. The predicted octanol–water partition coefficient (Wildman–Crippen LogP) is 0.407. The fourth-order valence-corrected chi connectivity index (χ4v) is 2.64. The van der Waals surface area contributed by atoms with Crippen molar-refractivity contribution in [3.8, 4) is 0 Å². The molecule has 0 radical (unpaired) electrons. The number of hydrogen-bond acceptors (Lipinski definition) is 5. The van der Waals surface area contributed by atoms with E-state index >= 15 is 0 Å². The first-order valence-corrected chi connectivity index (χ1v) is 8.26. The molecule has 1 aliphatic rings. The van der Waals surface area contributed by atoms with Crippen LogP contribution < -0.4 is 10.6 Å². The molecule has 1 saturated heterocycles. The normalized spacial score (nSPS) is 19.6. The van der Waals surface area contributed by atoms with E-state index in [4.69, 9.17) is 4.74 Å². The van der Waals surface area contributed by atoms with E-state index in [-0.39, 0.29) is 23.3 Å². The maximum absolute atomic E-state index is 11.9. The summed E-state index contributed by atoms with van der Waals surface area (Å²) >= 11 is 0. The molecule has 1 aromatic rings. The quantitative estimate of drug-likeness (QED) is 0.841. The Balaban J connectivity index is 1.97. The van der Waals surface area contributed by atoms with Gasteiger partial charge in [-0.3, -0.25) is 4.79 Å². The van der Waals surface area contributed by atoms with Crippen molar-refractivity contribution in [2.75, 3.05) is 31.3 Å². The van der Waals surface area contributed by atoms with Gasteiger partial charge >= 0.3 is 0 Å². The van der Waals surface area contributed by atoms with Crippen LogP contribution in [0.15, 0.2) is 29.2 Å². The summed E-state index contributed by atoms with van der Waals surface area (Å²) in [6.45, 7) is 2.05. The van der Waals surface area contributed by atoms with Crippen molar-refractivity contribution in [1.82, 2.24) is 5.32 Å². The number of nitrogens with one attached hydrogen (secondary N) is 2. The summed E-state index contributed by atoms with van der Waals surface area (Å²) in [4.78, 5) is 12.1. The van der Waals surface area contributed by atoms with Crippen LogP contribution in [0.1, 0.15) is 6.42 Å². The Kier molecular flexibility index (Phi) is 4.74. The van der Waals surface area contributed by atoms with E-state index in [1.165, 1.54) is 12.1 Å². The molecule has 1 atom stereocenters. The van der Waals surface area contributed by atoms with Crippen molar-refractivity contribution >= 4 is 21.4 Å². The molecule has 1 amide bonds. The van der Waals surface area contributed by atoms with Crippen molar-refractivity contribution in [3.05, 3.63) is 24.3 Å². The highest BCUT2D eigenvalue weighted by molar-refractivity contribution is 7.90. The Morgan fingerprint density at radius 2 is 2.30 bits per heavy atom. The van der Waals surface area contributed by atoms with Crippen LogP contribution >= 0.6 is 0 Å². The Morgan fingerprint density at radius 3 is 2.95 bits per heavy atom. The number of anilines is 1. The summed E-state index contributed by atoms with van der Waals surface area (Å²) in [6.07, 6.45) is 1.24. The minimum Gasteiger partial charge on any atom is -0.375 e. The number of sulfone groups is 1. The van der Waals surface area contributed by atoms with Crippen LogP contribution in [0.2, 0.25) is 0 Å². The minimum absolute atomic E-state index is 0.137. The zero-order chi connectivity index (χ0) is 14.6. The molecule has 7 heteroatoms. The average Bonchev–Trinajstić information content (AvgIpc) is 2.39. The average molecular weight is 298 g/mol. The Morgan fingerprint density at radius 1 is 1.50 bits per heavy atom. The number of morpholine rings is 1. The second-order valence-electron chi connectivity index (χ2n) is 4.75. The summed E-state index contributed by atoms with van der Waals surface area (Å²) in [5.74, 6) is -0.190. The zero-order valence-electron chi connectivity index (χ0n) is 11.3. The van der Waals surface area contributed by atoms with Gasteiger partial charge in [0, 0.05) is 25.0 Å². The van der Waals surface area contributed by atoms with Crippen molar-refractivity contribution < 1.29 is 17.9 Å². The van der Waals surface area contributed by atoms with Gasteiger partial charge in [-0.1, -0.05) is 6.07 Å². The Hall–Kier alpha value is -1.44. The van der Waals surface area contributed by atoms with E-state index < -0.39 is 9.84 Å². The molecule has 20 heavy (non-hydrogen) atoms. The van der Waals surface area contributed by atoms with Gasteiger partial charge in [-0.2, -0.15) is 0 Å². The van der Waals surface area contributed by atoms with Gasteiger partial charge in [0.05, 0.1) is 24.0 Å². The molecular formula is C13H18N2O4S. The maximum atomic E-state index is 11.9. The fraction of sp³-hybridized carbons (Fsp3) is 0.462. The first-order valence-electron chi connectivity index (χ1n) is 6.37. The van der Waals surface area contributed by atoms with Gasteiger partial charge in [-0.05, 0) is 18.2 Å². The molecule has 110 valence electrons. The number of amides is 1. The second-order valence-corrected chi connectivity index (χ2v) is 6.76. The molecule has 1 fully saturated rings. The van der Waals surface area contributed by atoms with E-state index in [9.17, 15) is 13.2 Å². The number of ether oxygens (including phenoxy) is 1. The SMILES string of the molecule is CS(=O)(=O)c1cccc(NC(=O)CC2CNCCO2)c1. The lowest BCUT2D eigenvalue weighted by atomic mass is 10.2. The van der Waals surface area contributed by atoms with Crippen LogP contribution in [-0.4, -0.2) is 46.4 Å². The fourth-order valence-electron chi connectivity index (χ4n) is 1.97. The number of hydrogen-bond donors (Lipinski definition) is 2. The summed E-state index contributed by atoms with van der Waals surface area (Å²) in [5.41, 5.74) is 0.474. The van der Waals surface area contributed by atoms with Crippen molar-refractivity contribution in [2.45, 2.75) is 17.4 Å². The Labute approximate surface area is 118 Å². The van der Waals surface area contributed by atoms with Crippen molar-refractivity contribution in [1.29, 1.82) is 0 Å². The van der Waals surface area contributed by atoms with Crippen LogP contribution in [0.4, 0.5) is 5.69 Å². The third-order valence-electron chi connectivity index (χ3n) is 2.96. The highest BCUT2D eigenvalue weighted by Gasteiger charge is 2.17. The summed E-state index contributed by atoms with van der Waals surface area (Å²) in [6, 6.07) is 6.21. The van der Waals surface area contributed by atoms with Crippen LogP contribution in [0.5, 0.6) is 0 Å². The van der Waals surface area contributed by atoms with Gasteiger partial charge in [0.25, 0.3) is 0 Å². The lowest BCUT2D eigenvalue weighted by Gasteiger charge is -2.23. The molecule has 0 bridgehead atoms. The molecule has 0 saturated carbocycles. The summed E-state index contributed by atoms with van der Waals surface area (Å²) in [5, 5.41) is 5.84. The molecule has 1 aliphatic heterocycles. The number of carbonyl (C=O) groups is 1. The van der Waals surface area contributed by atoms with E-state index in [2.05, 4.69) is 10.6 Å². The van der Waals surface area contributed by atoms with Gasteiger partial charge in [-0.25, -0.2) is 8.42 Å². The molecular weight excluding hydrogens is 280 g/mol. The molecule has 2 rings (SSSR count). The molecule has 6 nitrogen and oxygen atoms in total. The molecule has 0 spiro atoms. The first-order chi connectivity index (χ1) is 9.45. The van der Waals surface area contributed by atoms with Gasteiger partial charge in [0.1, 0.15) is 0 Å². The van der Waals surface area contributed by atoms with Crippen molar-refractivity contribution in [3.63, 3.8) is 0 Å². The van der Waals surface area contributed by atoms with E-state index in [0.29, 0.717) is 18.8 Å². The third kappa shape index (κ3) is 4.29. The first kappa shape index (κ1) is 15.0. The molecule has 1 unspecified atom stereocenters. The van der Waals surface area contributed by atoms with E-state index in [1.54, 1.807) is 12.1 Å². The zero-order valence-corrected chi connectivity index (χ0v) is 12.1. The standard InChI is InChI=1S/C13H18N2O4S/c1-20(17,18)12-4-2-3-10(7-12)15-13(16)8-11-9-14-5-6-19-11/h2-4,7,11,14H,5-6,8-9H2,1H3,(H,15,16). The number of rotatable bonds is 4. The predicted molar refractivity (Wildman–Crippen MR) is 75.4 cm³/mol. The van der Waals surface area contributed by atoms with E-state index in [1.807, 2.05) is 0 Å². The number of carbonyl (C=O) groups excluding carboxylic acids is 1. The monoisotopic (exact) mass is 298 g/mol. The van der Waals surface area contributed by atoms with Crippen LogP contribution in [0.3, 0.4) is 0 Å². The summed E-state index contributed by atoms with van der Waals surface area (Å²) in [7, 11) is -3.27. The lowest BCUT2D eigenvalue weighted by Crippen LogP contribution is -2.40. The van der Waals surface area contributed by atoms with Gasteiger partial charge in [0.2, 0.25) is 5.91 Å². The summed E-state index contributed by atoms with van der Waals surface area (Å²) < 4.78 is 28.3. The lowest BCUT2D eigenvalue weighted by molar-refractivity contribution is -0.119. The smallest absolute Gasteiger partial charge is 0.227 e. The largest absolute Gasteiger partial charge is 0.375 e. The van der Waals surface area contributed by atoms with Crippen LogP contribution in [0.25, 0.3) is 0 Å². The molecule has 1 aromatic carbocycles. The van der Waals surface area contributed by atoms with Crippen molar-refractivity contribution in [2.24, 2.45) is 0 Å². The topological polar surface area (TPSA) is 84.5 Å². The van der Waals surface area contributed by atoms with Gasteiger partial charge < -0.3 is 15.4 Å². The van der Waals surface area contributed by atoms with Gasteiger partial charge in [-0.15, -0.1) is 0 Å². The maximum Gasteiger partial charge on any atom is 0.227 e. The molecule has 0 aromatic heterocycles. The van der Waals surface area contributed by atoms with Crippen LogP contribution in [-0.2, 0) is 19.4 Å². The van der Waals surface area contributed by atoms with Crippen LogP contribution in [0, 0.1) is 0 Å². The molecule has 1 heterocycles. The highest BCUT2D eigenvalue weighted by atomic mass is 32.2.